The number of aryl methyl sites for hydroxylation is 1. The van der Waals surface area contributed by atoms with Crippen molar-refractivity contribution in [2.24, 2.45) is 0 Å². The molecule has 1 rings (SSSR count). The Morgan fingerprint density at radius 2 is 2.00 bits per heavy atom. The quantitative estimate of drug-likeness (QED) is 0.661. The molecule has 0 fully saturated rings. The van der Waals surface area contributed by atoms with Gasteiger partial charge in [0.1, 0.15) is 0 Å². The van der Waals surface area contributed by atoms with Crippen molar-refractivity contribution in [3.05, 3.63) is 32.6 Å². The van der Waals surface area contributed by atoms with Gasteiger partial charge in [-0.1, -0.05) is 0 Å². The highest BCUT2D eigenvalue weighted by atomic mass is 16.2. The maximum Gasteiger partial charge on any atom is 0.328 e. The van der Waals surface area contributed by atoms with Crippen LogP contribution in [0.2, 0.25) is 0 Å². The summed E-state index contributed by atoms with van der Waals surface area (Å²) in [6, 6.07) is 0.0769. The standard InChI is InChI=1S/C8H12N2O2/c1-5(2)10-4-6(3)7(11)9-8(10)12/h4-5H,1-3H3,(H,9,11,12). The molecule has 0 amide bonds. The topological polar surface area (TPSA) is 54.9 Å². The van der Waals surface area contributed by atoms with Gasteiger partial charge in [0.05, 0.1) is 0 Å². The predicted octanol–water partition coefficient (Wildman–Crippen LogP) is 0.426. The molecule has 0 saturated carbocycles. The Morgan fingerprint density at radius 3 is 2.50 bits per heavy atom. The van der Waals surface area contributed by atoms with Crippen LogP contribution < -0.4 is 11.2 Å². The van der Waals surface area contributed by atoms with E-state index in [2.05, 4.69) is 4.98 Å². The largest absolute Gasteiger partial charge is 0.328 e. The zero-order chi connectivity index (χ0) is 9.30. The normalized spacial score (nSPS) is 10.7. The second-order valence-electron chi connectivity index (χ2n) is 3.07. The van der Waals surface area contributed by atoms with Gasteiger partial charge in [-0.15, -0.1) is 0 Å². The lowest BCUT2D eigenvalue weighted by Gasteiger charge is -2.08. The summed E-state index contributed by atoms with van der Waals surface area (Å²) < 4.78 is 1.50. The fraction of sp³-hybridized carbons (Fsp3) is 0.500. The number of hydrogen-bond donors (Lipinski definition) is 1. The van der Waals surface area contributed by atoms with Gasteiger partial charge >= 0.3 is 5.69 Å². The number of hydrogen-bond acceptors (Lipinski definition) is 2. The fourth-order valence-corrected chi connectivity index (χ4v) is 0.970. The average molecular weight is 168 g/mol. The van der Waals surface area contributed by atoms with Crippen LogP contribution in [0.15, 0.2) is 15.8 Å². The van der Waals surface area contributed by atoms with Crippen LogP contribution in [0, 0.1) is 6.92 Å². The highest BCUT2D eigenvalue weighted by Crippen LogP contribution is 1.97. The molecule has 0 saturated heterocycles. The van der Waals surface area contributed by atoms with E-state index in [0.29, 0.717) is 5.56 Å². The first kappa shape index (κ1) is 8.77. The van der Waals surface area contributed by atoms with Crippen LogP contribution in [0.25, 0.3) is 0 Å². The fourth-order valence-electron chi connectivity index (χ4n) is 0.970. The van der Waals surface area contributed by atoms with Gasteiger partial charge in [-0.3, -0.25) is 14.3 Å². The van der Waals surface area contributed by atoms with Crippen molar-refractivity contribution in [2.45, 2.75) is 26.8 Å². The summed E-state index contributed by atoms with van der Waals surface area (Å²) in [6.45, 7) is 5.45. The summed E-state index contributed by atoms with van der Waals surface area (Å²) in [5, 5.41) is 0. The molecule has 4 nitrogen and oxygen atoms in total. The van der Waals surface area contributed by atoms with Gasteiger partial charge < -0.3 is 0 Å². The molecular weight excluding hydrogens is 156 g/mol. The van der Waals surface area contributed by atoms with E-state index in [1.165, 1.54) is 4.57 Å². The first-order valence-electron chi connectivity index (χ1n) is 3.84. The molecule has 4 heteroatoms. The van der Waals surface area contributed by atoms with E-state index < -0.39 is 0 Å². The molecule has 1 aromatic rings. The van der Waals surface area contributed by atoms with Crippen LogP contribution in [0.5, 0.6) is 0 Å². The summed E-state index contributed by atoms with van der Waals surface area (Å²) in [5.74, 6) is 0. The van der Waals surface area contributed by atoms with E-state index in [4.69, 9.17) is 0 Å². The van der Waals surface area contributed by atoms with Gasteiger partial charge in [-0.05, 0) is 20.8 Å². The third-order valence-corrected chi connectivity index (χ3v) is 1.70. The Labute approximate surface area is 69.9 Å². The molecule has 0 unspecified atom stereocenters. The van der Waals surface area contributed by atoms with Crippen molar-refractivity contribution in [3.63, 3.8) is 0 Å². The van der Waals surface area contributed by atoms with E-state index in [1.807, 2.05) is 13.8 Å². The van der Waals surface area contributed by atoms with E-state index in [-0.39, 0.29) is 17.3 Å². The van der Waals surface area contributed by atoms with Crippen LogP contribution in [-0.2, 0) is 0 Å². The Hall–Kier alpha value is -1.32. The van der Waals surface area contributed by atoms with Crippen LogP contribution in [0.4, 0.5) is 0 Å². The second-order valence-corrected chi connectivity index (χ2v) is 3.07. The number of aromatic amines is 1. The third-order valence-electron chi connectivity index (χ3n) is 1.70. The van der Waals surface area contributed by atoms with Crippen molar-refractivity contribution >= 4 is 0 Å². The summed E-state index contributed by atoms with van der Waals surface area (Å²) >= 11 is 0. The first-order valence-corrected chi connectivity index (χ1v) is 3.84. The Morgan fingerprint density at radius 1 is 1.42 bits per heavy atom. The zero-order valence-electron chi connectivity index (χ0n) is 7.42. The maximum absolute atomic E-state index is 11.1. The molecule has 0 aliphatic heterocycles. The molecular formula is C8H12N2O2. The second kappa shape index (κ2) is 2.97. The third kappa shape index (κ3) is 1.47. The summed E-state index contributed by atoms with van der Waals surface area (Å²) in [4.78, 5) is 24.3. The highest BCUT2D eigenvalue weighted by Gasteiger charge is 2.02. The number of nitrogens with zero attached hydrogens (tertiary/aromatic N) is 1. The predicted molar refractivity (Wildman–Crippen MR) is 46.4 cm³/mol. The number of H-pyrrole nitrogens is 1. The highest BCUT2D eigenvalue weighted by molar-refractivity contribution is 5.01. The summed E-state index contributed by atoms with van der Waals surface area (Å²) in [7, 11) is 0. The van der Waals surface area contributed by atoms with Gasteiger partial charge in [-0.25, -0.2) is 4.79 Å². The molecule has 0 spiro atoms. The van der Waals surface area contributed by atoms with Crippen LogP contribution in [0.1, 0.15) is 25.5 Å². The van der Waals surface area contributed by atoms with Crippen LogP contribution in [0.3, 0.4) is 0 Å². The Kier molecular flexibility index (Phi) is 2.17. The van der Waals surface area contributed by atoms with Gasteiger partial charge in [0.2, 0.25) is 0 Å². The van der Waals surface area contributed by atoms with Crippen molar-refractivity contribution in [1.29, 1.82) is 0 Å². The lowest BCUT2D eigenvalue weighted by Crippen LogP contribution is -2.31. The zero-order valence-corrected chi connectivity index (χ0v) is 7.42. The maximum atomic E-state index is 11.1. The molecule has 0 aliphatic rings. The van der Waals surface area contributed by atoms with E-state index >= 15 is 0 Å². The van der Waals surface area contributed by atoms with Gasteiger partial charge in [0.15, 0.2) is 0 Å². The van der Waals surface area contributed by atoms with Crippen molar-refractivity contribution in [2.75, 3.05) is 0 Å². The molecule has 1 N–H and O–H groups in total. The smallest absolute Gasteiger partial charge is 0.298 e. The molecule has 0 aromatic carbocycles. The number of aromatic nitrogens is 2. The molecule has 1 heterocycles. The first-order chi connectivity index (χ1) is 5.52. The van der Waals surface area contributed by atoms with Gasteiger partial charge in [-0.2, -0.15) is 0 Å². The Bertz CT molecular complexity index is 387. The SMILES string of the molecule is Cc1cn(C(C)C)c(=O)[nH]c1=O. The number of nitrogens with one attached hydrogen (secondary N) is 1. The molecule has 0 aliphatic carbocycles. The summed E-state index contributed by atoms with van der Waals surface area (Å²) in [6.07, 6.45) is 1.58. The van der Waals surface area contributed by atoms with E-state index in [9.17, 15) is 9.59 Å². The van der Waals surface area contributed by atoms with Crippen molar-refractivity contribution < 1.29 is 0 Å². The minimum absolute atomic E-state index is 0.0769. The van der Waals surface area contributed by atoms with E-state index in [1.54, 1.807) is 13.1 Å². The molecule has 0 radical (unpaired) electrons. The Balaban J connectivity index is 3.44. The molecule has 1 aromatic heterocycles. The molecule has 12 heavy (non-hydrogen) atoms. The average Bonchev–Trinajstić information content (AvgIpc) is 1.96. The van der Waals surface area contributed by atoms with Crippen molar-refractivity contribution in [1.82, 2.24) is 9.55 Å². The summed E-state index contributed by atoms with van der Waals surface area (Å²) in [5.41, 5.74) is -0.0965. The molecule has 0 atom stereocenters. The number of rotatable bonds is 1. The lowest BCUT2D eigenvalue weighted by atomic mass is 10.3. The monoisotopic (exact) mass is 168 g/mol. The minimum Gasteiger partial charge on any atom is -0.298 e. The molecule has 0 bridgehead atoms. The van der Waals surface area contributed by atoms with E-state index in [0.717, 1.165) is 0 Å². The molecule has 66 valence electrons. The van der Waals surface area contributed by atoms with Gasteiger partial charge in [0.25, 0.3) is 5.56 Å². The van der Waals surface area contributed by atoms with Crippen LogP contribution >= 0.6 is 0 Å². The van der Waals surface area contributed by atoms with Crippen LogP contribution in [-0.4, -0.2) is 9.55 Å². The minimum atomic E-state index is -0.347. The van der Waals surface area contributed by atoms with Gasteiger partial charge in [0, 0.05) is 17.8 Å². The van der Waals surface area contributed by atoms with Crippen molar-refractivity contribution in [3.8, 4) is 0 Å². The lowest BCUT2D eigenvalue weighted by molar-refractivity contribution is 0.558.